The number of anilines is 1. The molecule has 4 nitrogen and oxygen atoms in total. The van der Waals surface area contributed by atoms with Crippen LogP contribution >= 0.6 is 0 Å². The molecular formula is C37H33N3O. The lowest BCUT2D eigenvalue weighted by Gasteiger charge is -2.33. The molecular weight excluding hydrogens is 502 g/mol. The highest BCUT2D eigenvalue weighted by Crippen LogP contribution is 2.46. The molecule has 0 bridgehead atoms. The minimum atomic E-state index is -0.206. The molecule has 0 spiro atoms. The van der Waals surface area contributed by atoms with Gasteiger partial charge in [-0.1, -0.05) is 109 Å². The minimum absolute atomic E-state index is 0.0734. The van der Waals surface area contributed by atoms with Crippen LogP contribution < -0.4 is 20.7 Å². The minimum Gasteiger partial charge on any atom is -0.464 e. The summed E-state index contributed by atoms with van der Waals surface area (Å²) in [5.41, 5.74) is 6.85. The van der Waals surface area contributed by atoms with Gasteiger partial charge in [-0.3, -0.25) is 5.32 Å². The summed E-state index contributed by atoms with van der Waals surface area (Å²) in [5.74, 6) is 0.913. The van der Waals surface area contributed by atoms with E-state index in [1.165, 1.54) is 32.9 Å². The highest BCUT2D eigenvalue weighted by molar-refractivity contribution is 6.13. The first-order valence-electron chi connectivity index (χ1n) is 14.3. The van der Waals surface area contributed by atoms with Crippen molar-refractivity contribution in [2.75, 3.05) is 5.32 Å². The fraction of sp³-hybridized carbons (Fsp3) is 0.135. The molecule has 0 radical (unpaired) electrons. The summed E-state index contributed by atoms with van der Waals surface area (Å²) >= 11 is 0. The Kier molecular flexibility index (Phi) is 6.54. The van der Waals surface area contributed by atoms with Crippen LogP contribution in [-0.2, 0) is 0 Å². The third kappa shape index (κ3) is 4.66. The summed E-state index contributed by atoms with van der Waals surface area (Å²) in [5, 5.41) is 15.9. The molecule has 2 heterocycles. The van der Waals surface area contributed by atoms with Crippen molar-refractivity contribution in [2.24, 2.45) is 0 Å². The molecule has 0 saturated heterocycles. The molecule has 0 saturated carbocycles. The number of benzene rings is 5. The highest BCUT2D eigenvalue weighted by atomic mass is 16.5. The smallest absolute Gasteiger partial charge is 0.196 e. The fourth-order valence-corrected chi connectivity index (χ4v) is 5.99. The molecule has 4 heteroatoms. The van der Waals surface area contributed by atoms with Crippen LogP contribution in [0.25, 0.3) is 27.2 Å². The van der Waals surface area contributed by atoms with Gasteiger partial charge in [0.2, 0.25) is 0 Å². The molecule has 3 unspecified atom stereocenters. The Bertz CT molecular complexity index is 1820. The number of hydrogen-bond donors (Lipinski definition) is 3. The lowest BCUT2D eigenvalue weighted by Crippen LogP contribution is -2.44. The maximum atomic E-state index is 6.60. The third-order valence-electron chi connectivity index (χ3n) is 8.05. The van der Waals surface area contributed by atoms with Gasteiger partial charge in [-0.05, 0) is 64.9 Å². The zero-order valence-electron chi connectivity index (χ0n) is 23.3. The van der Waals surface area contributed by atoms with Crippen LogP contribution in [0.3, 0.4) is 0 Å². The Morgan fingerprint density at radius 3 is 2.27 bits per heavy atom. The Hall–Kier alpha value is -4.80. The number of ether oxygens (including phenoxy) is 1. The molecule has 202 valence electrons. The van der Waals surface area contributed by atoms with E-state index >= 15 is 0 Å². The van der Waals surface area contributed by atoms with Gasteiger partial charge >= 0.3 is 0 Å². The summed E-state index contributed by atoms with van der Waals surface area (Å²) < 4.78 is 6.60. The Morgan fingerprint density at radius 2 is 1.49 bits per heavy atom. The van der Waals surface area contributed by atoms with Gasteiger partial charge in [-0.2, -0.15) is 0 Å². The van der Waals surface area contributed by atoms with E-state index in [0.717, 1.165) is 28.1 Å². The van der Waals surface area contributed by atoms with Crippen LogP contribution in [0.5, 0.6) is 5.75 Å². The molecule has 5 aromatic carbocycles. The van der Waals surface area contributed by atoms with Crippen molar-refractivity contribution in [2.45, 2.75) is 32.3 Å². The van der Waals surface area contributed by atoms with Crippen molar-refractivity contribution >= 4 is 32.9 Å². The van der Waals surface area contributed by atoms with Crippen LogP contribution in [-0.4, -0.2) is 6.04 Å². The van der Waals surface area contributed by atoms with E-state index in [0.29, 0.717) is 0 Å². The number of fused-ring (bicyclic) bond motifs is 5. The van der Waals surface area contributed by atoms with Crippen LogP contribution in [0.1, 0.15) is 42.9 Å². The Labute approximate surface area is 241 Å². The molecule has 2 aliphatic rings. The van der Waals surface area contributed by atoms with Crippen LogP contribution in [0.2, 0.25) is 0 Å². The zero-order chi connectivity index (χ0) is 27.8. The summed E-state index contributed by atoms with van der Waals surface area (Å²) in [7, 11) is 0. The first-order valence-corrected chi connectivity index (χ1v) is 14.3. The standard InChI is InChI=1S/C37H33N3O/c1-3-11-24(4-2)32-23-33(26-12-7-5-8-13-26)39-36(38-32)29-19-17-25-16-18-27-20-21-31-35(34(27)30(25)22-29)41-37(40-31)28-14-9-6-10-15-28/h3-23,32,36-40H,1-2H3/b11-3-,24-4+. The second kappa shape index (κ2) is 10.6. The summed E-state index contributed by atoms with van der Waals surface area (Å²) in [6, 6.07) is 36.4. The van der Waals surface area contributed by atoms with E-state index < -0.39 is 0 Å². The van der Waals surface area contributed by atoms with Crippen molar-refractivity contribution in [3.63, 3.8) is 0 Å². The van der Waals surface area contributed by atoms with Crippen molar-refractivity contribution in [3.8, 4) is 5.75 Å². The third-order valence-corrected chi connectivity index (χ3v) is 8.05. The van der Waals surface area contributed by atoms with Crippen LogP contribution in [0.4, 0.5) is 5.69 Å². The van der Waals surface area contributed by atoms with Gasteiger partial charge in [-0.15, -0.1) is 0 Å². The maximum absolute atomic E-state index is 6.60. The number of hydrogen-bond acceptors (Lipinski definition) is 4. The molecule has 2 aliphatic heterocycles. The zero-order valence-corrected chi connectivity index (χ0v) is 23.3. The van der Waals surface area contributed by atoms with Gasteiger partial charge in [-0.25, -0.2) is 0 Å². The van der Waals surface area contributed by atoms with E-state index in [1.54, 1.807) is 0 Å². The summed E-state index contributed by atoms with van der Waals surface area (Å²) in [4.78, 5) is 0. The Balaban J connectivity index is 1.32. The van der Waals surface area contributed by atoms with Crippen molar-refractivity contribution in [1.29, 1.82) is 0 Å². The van der Waals surface area contributed by atoms with Crippen molar-refractivity contribution < 1.29 is 4.74 Å². The summed E-state index contributed by atoms with van der Waals surface area (Å²) in [6.45, 7) is 4.17. The molecule has 3 N–H and O–H groups in total. The first-order chi connectivity index (χ1) is 20.2. The highest BCUT2D eigenvalue weighted by Gasteiger charge is 2.27. The number of nitrogens with one attached hydrogen (secondary N) is 3. The molecule has 0 aromatic heterocycles. The topological polar surface area (TPSA) is 45.3 Å². The summed E-state index contributed by atoms with van der Waals surface area (Å²) in [6.07, 6.45) is 8.47. The number of allylic oxidation sites excluding steroid dienone is 2. The van der Waals surface area contributed by atoms with E-state index in [9.17, 15) is 0 Å². The van der Waals surface area contributed by atoms with E-state index in [4.69, 9.17) is 4.74 Å². The van der Waals surface area contributed by atoms with Crippen LogP contribution in [0, 0.1) is 0 Å². The van der Waals surface area contributed by atoms with Gasteiger partial charge < -0.3 is 15.4 Å². The fourth-order valence-electron chi connectivity index (χ4n) is 5.99. The molecule has 41 heavy (non-hydrogen) atoms. The normalized spacial score (nSPS) is 20.4. The van der Waals surface area contributed by atoms with Gasteiger partial charge in [0.05, 0.1) is 11.7 Å². The van der Waals surface area contributed by atoms with Crippen molar-refractivity contribution in [3.05, 3.63) is 150 Å². The lowest BCUT2D eigenvalue weighted by molar-refractivity contribution is 0.263. The van der Waals surface area contributed by atoms with E-state index in [-0.39, 0.29) is 18.4 Å². The molecule has 7 rings (SSSR count). The Morgan fingerprint density at radius 1 is 0.756 bits per heavy atom. The predicted molar refractivity (Wildman–Crippen MR) is 171 cm³/mol. The predicted octanol–water partition coefficient (Wildman–Crippen LogP) is 8.62. The average Bonchev–Trinajstić information content (AvgIpc) is 3.48. The lowest BCUT2D eigenvalue weighted by atomic mass is 9.95. The van der Waals surface area contributed by atoms with Gasteiger partial charge in [0.15, 0.2) is 12.0 Å². The van der Waals surface area contributed by atoms with Crippen molar-refractivity contribution in [1.82, 2.24) is 10.6 Å². The second-order valence-corrected chi connectivity index (χ2v) is 10.6. The molecule has 0 aliphatic carbocycles. The van der Waals surface area contributed by atoms with E-state index in [1.807, 2.05) is 18.2 Å². The quantitative estimate of drug-likeness (QED) is 0.156. The molecule has 5 aromatic rings. The largest absolute Gasteiger partial charge is 0.464 e. The SMILES string of the molecule is C/C=C\C(=C/C)C1C=C(c2ccccc2)NC(c2ccc3ccc4ccc5c(c4c3c2)OC(c2ccccc2)N5)N1. The number of rotatable bonds is 5. The van der Waals surface area contributed by atoms with Gasteiger partial charge in [0.1, 0.15) is 6.17 Å². The van der Waals surface area contributed by atoms with E-state index in [2.05, 4.69) is 139 Å². The maximum Gasteiger partial charge on any atom is 0.196 e. The van der Waals surface area contributed by atoms with Crippen LogP contribution in [0.15, 0.2) is 133 Å². The van der Waals surface area contributed by atoms with Gasteiger partial charge in [0.25, 0.3) is 0 Å². The molecule has 0 amide bonds. The monoisotopic (exact) mass is 535 g/mol. The second-order valence-electron chi connectivity index (χ2n) is 10.6. The molecule has 3 atom stereocenters. The average molecular weight is 536 g/mol. The van der Waals surface area contributed by atoms with Gasteiger partial charge in [0, 0.05) is 16.6 Å². The first kappa shape index (κ1) is 25.2. The molecule has 0 fully saturated rings.